The Morgan fingerprint density at radius 1 is 1.05 bits per heavy atom. The van der Waals surface area contributed by atoms with Crippen LogP contribution in [0.3, 0.4) is 0 Å². The minimum absolute atomic E-state index is 0.0249. The van der Waals surface area contributed by atoms with Crippen molar-refractivity contribution in [2.45, 2.75) is 39.0 Å². The van der Waals surface area contributed by atoms with E-state index in [0.29, 0.717) is 12.3 Å². The summed E-state index contributed by atoms with van der Waals surface area (Å²) in [4.78, 5) is 0. The monoisotopic (exact) mass is 305 g/mol. The van der Waals surface area contributed by atoms with Gasteiger partial charge in [0.15, 0.2) is 0 Å². The molecule has 0 atom stereocenters. The van der Waals surface area contributed by atoms with Crippen LogP contribution in [-0.2, 0) is 11.3 Å². The summed E-state index contributed by atoms with van der Waals surface area (Å²) >= 11 is 0. The molecule has 0 saturated heterocycles. The Bertz CT molecular complexity index is 428. The van der Waals surface area contributed by atoms with Crippen molar-refractivity contribution in [3.05, 3.63) is 29.8 Å². The van der Waals surface area contributed by atoms with Gasteiger partial charge in [-0.15, -0.1) is 0 Å². The number of hydrogen-bond donors (Lipinski definition) is 1. The summed E-state index contributed by atoms with van der Waals surface area (Å²) in [6, 6.07) is 7.44. The van der Waals surface area contributed by atoms with Crippen molar-refractivity contribution in [3.63, 3.8) is 0 Å². The molecular weight excluding hydrogens is 283 g/mol. The van der Waals surface area contributed by atoms with Crippen molar-refractivity contribution >= 4 is 0 Å². The van der Waals surface area contributed by atoms with Crippen LogP contribution in [0.5, 0.6) is 5.75 Å². The molecule has 0 aromatic heterocycles. The summed E-state index contributed by atoms with van der Waals surface area (Å²) in [6.45, 7) is 5.54. The Balaban J connectivity index is 2.41. The van der Waals surface area contributed by atoms with Crippen molar-refractivity contribution in [1.82, 2.24) is 5.32 Å². The van der Waals surface area contributed by atoms with Gasteiger partial charge in [-0.1, -0.05) is 18.2 Å². The van der Waals surface area contributed by atoms with Crippen molar-refractivity contribution in [2.75, 3.05) is 19.8 Å². The third-order valence-corrected chi connectivity index (χ3v) is 2.53. The van der Waals surface area contributed by atoms with E-state index in [9.17, 15) is 13.2 Å². The minimum atomic E-state index is -4.30. The van der Waals surface area contributed by atoms with E-state index in [-0.39, 0.29) is 18.8 Å². The van der Waals surface area contributed by atoms with Gasteiger partial charge in [0.2, 0.25) is 0 Å². The number of ether oxygens (including phenoxy) is 2. The summed E-state index contributed by atoms with van der Waals surface area (Å²) in [5.41, 5.74) is 0.936. The zero-order valence-electron chi connectivity index (χ0n) is 12.6. The second-order valence-electron chi connectivity index (χ2n) is 5.73. The van der Waals surface area contributed by atoms with E-state index < -0.39 is 12.8 Å². The molecule has 1 aromatic rings. The van der Waals surface area contributed by atoms with Crippen LogP contribution in [0.15, 0.2) is 24.3 Å². The molecule has 6 heteroatoms. The first kappa shape index (κ1) is 17.8. The Hall–Kier alpha value is -1.27. The van der Waals surface area contributed by atoms with E-state index in [1.54, 1.807) is 6.07 Å². The lowest BCUT2D eigenvalue weighted by Gasteiger charge is -2.21. The molecule has 0 spiro atoms. The number of hydrogen-bond acceptors (Lipinski definition) is 3. The van der Waals surface area contributed by atoms with Crippen LogP contribution in [0.2, 0.25) is 0 Å². The van der Waals surface area contributed by atoms with Gasteiger partial charge in [0.05, 0.1) is 6.61 Å². The number of rotatable bonds is 7. The number of benzene rings is 1. The van der Waals surface area contributed by atoms with Gasteiger partial charge in [-0.25, -0.2) is 0 Å². The van der Waals surface area contributed by atoms with Gasteiger partial charge in [-0.05, 0) is 26.8 Å². The van der Waals surface area contributed by atoms with E-state index in [2.05, 4.69) is 30.8 Å². The highest BCUT2D eigenvalue weighted by Crippen LogP contribution is 2.19. The Labute approximate surface area is 123 Å². The summed E-state index contributed by atoms with van der Waals surface area (Å²) in [7, 11) is 0. The van der Waals surface area contributed by atoms with Gasteiger partial charge in [0.25, 0.3) is 0 Å². The second kappa shape index (κ2) is 7.66. The van der Waals surface area contributed by atoms with Crippen LogP contribution in [0.25, 0.3) is 0 Å². The molecule has 0 aliphatic heterocycles. The molecular formula is C15H22F3NO2. The molecule has 0 fully saturated rings. The molecule has 0 aliphatic rings. The standard InChI is InChI=1S/C15H22F3NO2/c1-14(2,3)19-10-12-6-4-5-7-13(12)21-9-8-20-11-15(16,17)18/h4-7,19H,8-11H2,1-3H3. The molecule has 0 bridgehead atoms. The number of nitrogens with one attached hydrogen (secondary N) is 1. The molecule has 0 radical (unpaired) electrons. The normalized spacial score (nSPS) is 12.5. The molecule has 120 valence electrons. The molecule has 1 rings (SSSR count). The third-order valence-electron chi connectivity index (χ3n) is 2.53. The van der Waals surface area contributed by atoms with E-state index in [1.807, 2.05) is 18.2 Å². The predicted octanol–water partition coefficient (Wildman–Crippen LogP) is 3.53. The van der Waals surface area contributed by atoms with E-state index >= 15 is 0 Å². The van der Waals surface area contributed by atoms with Gasteiger partial charge in [0.1, 0.15) is 19.0 Å². The number of halogens is 3. The Kier molecular flexibility index (Phi) is 6.48. The molecule has 3 nitrogen and oxygen atoms in total. The zero-order chi connectivity index (χ0) is 15.9. The van der Waals surface area contributed by atoms with Gasteiger partial charge < -0.3 is 14.8 Å². The minimum Gasteiger partial charge on any atom is -0.491 e. The van der Waals surface area contributed by atoms with Crippen LogP contribution >= 0.6 is 0 Å². The topological polar surface area (TPSA) is 30.5 Å². The quantitative estimate of drug-likeness (QED) is 0.782. The highest BCUT2D eigenvalue weighted by atomic mass is 19.4. The van der Waals surface area contributed by atoms with Crippen LogP contribution in [0.1, 0.15) is 26.3 Å². The molecule has 0 unspecified atom stereocenters. The molecule has 1 aromatic carbocycles. The summed E-state index contributed by atoms with van der Waals surface area (Å²) < 4.78 is 45.7. The van der Waals surface area contributed by atoms with Gasteiger partial charge >= 0.3 is 6.18 Å². The van der Waals surface area contributed by atoms with Crippen LogP contribution in [0.4, 0.5) is 13.2 Å². The fourth-order valence-corrected chi connectivity index (χ4v) is 1.55. The second-order valence-corrected chi connectivity index (χ2v) is 5.73. The first-order valence-electron chi connectivity index (χ1n) is 6.78. The molecule has 1 N–H and O–H groups in total. The maximum atomic E-state index is 11.9. The highest BCUT2D eigenvalue weighted by molar-refractivity contribution is 5.33. The third kappa shape index (κ3) is 8.57. The lowest BCUT2D eigenvalue weighted by molar-refractivity contribution is -0.175. The van der Waals surface area contributed by atoms with Gasteiger partial charge in [-0.3, -0.25) is 0 Å². The van der Waals surface area contributed by atoms with E-state index in [1.165, 1.54) is 0 Å². The Morgan fingerprint density at radius 2 is 1.71 bits per heavy atom. The average Bonchev–Trinajstić information content (AvgIpc) is 2.35. The molecule has 21 heavy (non-hydrogen) atoms. The lowest BCUT2D eigenvalue weighted by atomic mass is 10.1. The zero-order valence-corrected chi connectivity index (χ0v) is 12.6. The first-order valence-corrected chi connectivity index (χ1v) is 6.78. The maximum Gasteiger partial charge on any atom is 0.411 e. The smallest absolute Gasteiger partial charge is 0.411 e. The fraction of sp³-hybridized carbons (Fsp3) is 0.600. The maximum absolute atomic E-state index is 11.9. The number of alkyl halides is 3. The molecule has 0 heterocycles. The number of para-hydroxylation sites is 1. The first-order chi connectivity index (χ1) is 9.67. The molecule has 0 amide bonds. The largest absolute Gasteiger partial charge is 0.491 e. The molecule has 0 aliphatic carbocycles. The lowest BCUT2D eigenvalue weighted by Crippen LogP contribution is -2.35. The summed E-state index contributed by atoms with van der Waals surface area (Å²) in [5.74, 6) is 0.657. The SMILES string of the molecule is CC(C)(C)NCc1ccccc1OCCOCC(F)(F)F. The summed E-state index contributed by atoms with van der Waals surface area (Å²) in [6.07, 6.45) is -4.30. The van der Waals surface area contributed by atoms with Crippen molar-refractivity contribution in [1.29, 1.82) is 0 Å². The van der Waals surface area contributed by atoms with Crippen molar-refractivity contribution < 1.29 is 22.6 Å². The van der Waals surface area contributed by atoms with Crippen molar-refractivity contribution in [2.24, 2.45) is 0 Å². The van der Waals surface area contributed by atoms with E-state index in [0.717, 1.165) is 5.56 Å². The predicted molar refractivity (Wildman–Crippen MR) is 75.4 cm³/mol. The molecule has 0 saturated carbocycles. The van der Waals surface area contributed by atoms with Crippen molar-refractivity contribution in [3.8, 4) is 5.75 Å². The van der Waals surface area contributed by atoms with Gasteiger partial charge in [-0.2, -0.15) is 13.2 Å². The van der Waals surface area contributed by atoms with Crippen LogP contribution in [-0.4, -0.2) is 31.5 Å². The Morgan fingerprint density at radius 3 is 2.33 bits per heavy atom. The van der Waals surface area contributed by atoms with E-state index in [4.69, 9.17) is 4.74 Å². The fourth-order valence-electron chi connectivity index (χ4n) is 1.55. The van der Waals surface area contributed by atoms with Crippen LogP contribution in [0, 0.1) is 0 Å². The highest BCUT2D eigenvalue weighted by Gasteiger charge is 2.27. The summed E-state index contributed by atoms with van der Waals surface area (Å²) in [5, 5.41) is 3.34. The van der Waals surface area contributed by atoms with Crippen LogP contribution < -0.4 is 10.1 Å². The van der Waals surface area contributed by atoms with Gasteiger partial charge in [0, 0.05) is 17.6 Å². The average molecular weight is 305 g/mol.